The number of nitrogens with zero attached hydrogens (tertiary/aromatic N) is 2. The summed E-state index contributed by atoms with van der Waals surface area (Å²) in [5.41, 5.74) is 0.950. The first-order valence-electron chi connectivity index (χ1n) is 16.5. The molecule has 10 nitrogen and oxygen atoms in total. The van der Waals surface area contributed by atoms with Gasteiger partial charge in [0.25, 0.3) is 5.88 Å². The molecule has 0 aliphatic heterocycles. The standard InChI is InChI=1S/C33H54N4O6/c1-3-5-6-7-8-9-10-11-12-13-14-15-16-17-19-23-34-32(38)40-27-30(43-31-22-25-42-36-31)28-41-33(39)35-26-29-21-18-20-24-37(29)4-2/h18,20-22,24-25,30H,3-17,19,23,26-28H2,1-2H3,(H-,34,35,38,39)/p+1. The van der Waals surface area contributed by atoms with Crippen LogP contribution in [0.3, 0.4) is 0 Å². The number of carbonyl (C=O) groups excluding carboxylic acids is 2. The Labute approximate surface area is 258 Å². The highest BCUT2D eigenvalue weighted by Gasteiger charge is 2.19. The molecule has 0 aromatic carbocycles. The number of amides is 2. The van der Waals surface area contributed by atoms with E-state index in [4.69, 9.17) is 18.7 Å². The third-order valence-corrected chi connectivity index (χ3v) is 7.34. The second-order valence-electron chi connectivity index (χ2n) is 11.0. The van der Waals surface area contributed by atoms with Crippen LogP contribution in [-0.2, 0) is 22.6 Å². The Bertz CT molecular complexity index is 972. The largest absolute Gasteiger partial charge is 0.465 e. The number of aromatic nitrogens is 2. The maximum absolute atomic E-state index is 12.3. The predicted octanol–water partition coefficient (Wildman–Crippen LogP) is 7.25. The lowest BCUT2D eigenvalue weighted by Crippen LogP contribution is -2.40. The Morgan fingerprint density at radius 1 is 0.791 bits per heavy atom. The molecule has 2 heterocycles. The molecule has 0 aliphatic carbocycles. The van der Waals surface area contributed by atoms with Crippen LogP contribution in [0, 0.1) is 0 Å². The molecule has 242 valence electrons. The quantitative estimate of drug-likeness (QED) is 0.0907. The van der Waals surface area contributed by atoms with Gasteiger partial charge in [0.05, 0.1) is 0 Å². The fraction of sp³-hybridized carbons (Fsp3) is 0.697. The van der Waals surface area contributed by atoms with Gasteiger partial charge in [-0.25, -0.2) is 14.2 Å². The smallest absolute Gasteiger partial charge is 0.407 e. The Kier molecular flexibility index (Phi) is 20.2. The lowest BCUT2D eigenvalue weighted by molar-refractivity contribution is -0.701. The number of aryl methyl sites for hydroxylation is 1. The summed E-state index contributed by atoms with van der Waals surface area (Å²) in [6.07, 6.45) is 20.9. The highest BCUT2D eigenvalue weighted by molar-refractivity contribution is 5.67. The number of hydrogen-bond acceptors (Lipinski definition) is 7. The van der Waals surface area contributed by atoms with E-state index in [-0.39, 0.29) is 19.1 Å². The topological polar surface area (TPSA) is 116 Å². The van der Waals surface area contributed by atoms with E-state index in [2.05, 4.69) is 22.7 Å². The summed E-state index contributed by atoms with van der Waals surface area (Å²) in [7, 11) is 0. The zero-order valence-corrected chi connectivity index (χ0v) is 26.5. The molecule has 0 radical (unpaired) electrons. The van der Waals surface area contributed by atoms with Crippen LogP contribution in [0.2, 0.25) is 0 Å². The molecule has 2 aromatic rings. The number of alkyl carbamates (subject to hydrolysis) is 2. The van der Waals surface area contributed by atoms with E-state index >= 15 is 0 Å². The molecule has 0 spiro atoms. The molecule has 0 fully saturated rings. The molecule has 0 saturated heterocycles. The highest BCUT2D eigenvalue weighted by Crippen LogP contribution is 2.13. The monoisotopic (exact) mass is 603 g/mol. The lowest BCUT2D eigenvalue weighted by Gasteiger charge is -2.17. The van der Waals surface area contributed by atoms with Crippen LogP contribution in [0.25, 0.3) is 0 Å². The number of carbonyl (C=O) groups is 2. The average molecular weight is 604 g/mol. The van der Waals surface area contributed by atoms with Gasteiger partial charge in [-0.2, -0.15) is 0 Å². The first-order chi connectivity index (χ1) is 21.1. The number of unbranched alkanes of at least 4 members (excludes halogenated alkanes) is 14. The Morgan fingerprint density at radius 3 is 1.93 bits per heavy atom. The van der Waals surface area contributed by atoms with Crippen LogP contribution in [0.1, 0.15) is 116 Å². The minimum Gasteiger partial charge on any atom is -0.465 e. The van der Waals surface area contributed by atoms with Gasteiger partial charge >= 0.3 is 12.2 Å². The van der Waals surface area contributed by atoms with Gasteiger partial charge in [0.2, 0.25) is 5.69 Å². The Morgan fingerprint density at radius 2 is 1.37 bits per heavy atom. The third kappa shape index (κ3) is 18.1. The van der Waals surface area contributed by atoms with Gasteiger partial charge < -0.3 is 29.4 Å². The van der Waals surface area contributed by atoms with Crippen molar-refractivity contribution < 1.29 is 32.9 Å². The Hall–Kier alpha value is -3.30. The molecule has 43 heavy (non-hydrogen) atoms. The van der Waals surface area contributed by atoms with Crippen molar-refractivity contribution in [3.8, 4) is 5.88 Å². The molecule has 2 amide bonds. The van der Waals surface area contributed by atoms with Crippen molar-refractivity contribution in [1.29, 1.82) is 0 Å². The minimum absolute atomic E-state index is 0.112. The zero-order valence-electron chi connectivity index (χ0n) is 26.5. The zero-order chi connectivity index (χ0) is 30.8. The lowest BCUT2D eigenvalue weighted by atomic mass is 10.0. The SMILES string of the molecule is CCCCCCCCCCCCCCCCCNC(=O)OCC(COC(=O)NCc1cccc[n+]1CC)Oc1ccon1. The number of hydrogen-bond donors (Lipinski definition) is 2. The number of nitrogens with one attached hydrogen (secondary N) is 2. The first-order valence-corrected chi connectivity index (χ1v) is 16.5. The van der Waals surface area contributed by atoms with Gasteiger partial charge in [0.15, 0.2) is 12.3 Å². The third-order valence-electron chi connectivity index (χ3n) is 7.34. The molecule has 10 heteroatoms. The minimum atomic E-state index is -0.746. The van der Waals surface area contributed by atoms with E-state index in [0.717, 1.165) is 25.1 Å². The highest BCUT2D eigenvalue weighted by atomic mass is 16.6. The molecule has 2 N–H and O–H groups in total. The van der Waals surface area contributed by atoms with Gasteiger partial charge in [-0.1, -0.05) is 103 Å². The molecule has 2 rings (SSSR count). The van der Waals surface area contributed by atoms with Gasteiger partial charge in [0, 0.05) is 24.7 Å². The maximum atomic E-state index is 12.3. The summed E-state index contributed by atoms with van der Waals surface area (Å²) in [4.78, 5) is 24.5. The Balaban J connectivity index is 1.52. The average Bonchev–Trinajstić information content (AvgIpc) is 3.54. The van der Waals surface area contributed by atoms with Crippen LogP contribution < -0.4 is 19.9 Å². The van der Waals surface area contributed by atoms with Crippen molar-refractivity contribution >= 4 is 12.2 Å². The fourth-order valence-electron chi connectivity index (χ4n) is 4.82. The second kappa shape index (κ2) is 24.2. The molecule has 1 unspecified atom stereocenters. The van der Waals surface area contributed by atoms with Crippen molar-refractivity contribution in [2.45, 2.75) is 129 Å². The van der Waals surface area contributed by atoms with Gasteiger partial charge in [0.1, 0.15) is 32.6 Å². The molecule has 0 bridgehead atoms. The summed E-state index contributed by atoms with van der Waals surface area (Å²) in [6.45, 7) is 5.72. The molecule has 0 aliphatic rings. The van der Waals surface area contributed by atoms with Crippen molar-refractivity contribution in [2.75, 3.05) is 19.8 Å². The van der Waals surface area contributed by atoms with Crippen LogP contribution in [0.4, 0.5) is 9.59 Å². The van der Waals surface area contributed by atoms with Crippen LogP contribution >= 0.6 is 0 Å². The van der Waals surface area contributed by atoms with Crippen molar-refractivity contribution in [3.05, 3.63) is 42.4 Å². The van der Waals surface area contributed by atoms with E-state index in [1.165, 1.54) is 95.8 Å². The van der Waals surface area contributed by atoms with Crippen molar-refractivity contribution in [2.24, 2.45) is 0 Å². The van der Waals surface area contributed by atoms with E-state index < -0.39 is 18.3 Å². The summed E-state index contributed by atoms with van der Waals surface area (Å²) in [6, 6.07) is 7.32. The summed E-state index contributed by atoms with van der Waals surface area (Å²) >= 11 is 0. The van der Waals surface area contributed by atoms with Crippen molar-refractivity contribution in [3.63, 3.8) is 0 Å². The second-order valence-corrected chi connectivity index (χ2v) is 11.0. The number of ether oxygens (including phenoxy) is 3. The summed E-state index contributed by atoms with van der Waals surface area (Å²) in [5.74, 6) is 0.212. The van der Waals surface area contributed by atoms with E-state index in [1.54, 1.807) is 0 Å². The molecular weight excluding hydrogens is 548 g/mol. The first kappa shape index (κ1) is 35.9. The molecule has 0 saturated carbocycles. The number of rotatable bonds is 25. The maximum Gasteiger partial charge on any atom is 0.407 e. The van der Waals surface area contributed by atoms with E-state index in [9.17, 15) is 9.59 Å². The summed E-state index contributed by atoms with van der Waals surface area (Å²) < 4.78 is 23.1. The van der Waals surface area contributed by atoms with E-state index in [1.807, 2.05) is 35.9 Å². The van der Waals surface area contributed by atoms with Crippen LogP contribution in [0.15, 0.2) is 41.2 Å². The van der Waals surface area contributed by atoms with Crippen molar-refractivity contribution in [1.82, 2.24) is 15.8 Å². The van der Waals surface area contributed by atoms with Gasteiger partial charge in [-0.15, -0.1) is 0 Å². The fourth-order valence-corrected chi connectivity index (χ4v) is 4.82. The predicted molar refractivity (Wildman–Crippen MR) is 166 cm³/mol. The molecule has 1 atom stereocenters. The number of pyridine rings is 1. The van der Waals surface area contributed by atoms with E-state index in [0.29, 0.717) is 13.1 Å². The molecule has 2 aromatic heterocycles. The van der Waals surface area contributed by atoms with Crippen LogP contribution in [0.5, 0.6) is 5.88 Å². The summed E-state index contributed by atoms with van der Waals surface area (Å²) in [5, 5.41) is 9.24. The van der Waals surface area contributed by atoms with Crippen LogP contribution in [-0.4, -0.2) is 43.2 Å². The van der Waals surface area contributed by atoms with Gasteiger partial charge in [-0.3, -0.25) is 0 Å². The molecular formula is C33H55N4O6+. The van der Waals surface area contributed by atoms with Gasteiger partial charge in [-0.05, 0) is 18.5 Å². The normalized spacial score (nSPS) is 11.6.